The molecule has 0 atom stereocenters. The van der Waals surface area contributed by atoms with Gasteiger partial charge in [0.25, 0.3) is 0 Å². The Morgan fingerprint density at radius 2 is 2.08 bits per heavy atom. The fourth-order valence-electron chi connectivity index (χ4n) is 2.56. The van der Waals surface area contributed by atoms with Crippen molar-refractivity contribution >= 4 is 52.2 Å². The zero-order valence-corrected chi connectivity index (χ0v) is 18.5. The van der Waals surface area contributed by atoms with E-state index in [1.807, 2.05) is 12.1 Å². The zero-order chi connectivity index (χ0) is 17.6. The number of aromatic nitrogens is 2. The molecule has 2 aromatic heterocycles. The van der Waals surface area contributed by atoms with E-state index >= 15 is 0 Å². The molecule has 1 aromatic carbocycles. The van der Waals surface area contributed by atoms with Crippen LogP contribution in [0.3, 0.4) is 0 Å². The van der Waals surface area contributed by atoms with Gasteiger partial charge in [0.2, 0.25) is 0 Å². The van der Waals surface area contributed by atoms with Crippen LogP contribution in [-0.2, 0) is 13.1 Å². The Labute approximate surface area is 175 Å². The minimum Gasteiger partial charge on any atom is -0.357 e. The van der Waals surface area contributed by atoms with E-state index in [2.05, 4.69) is 69.9 Å². The molecule has 0 saturated carbocycles. The number of hydrogen-bond acceptors (Lipinski definition) is 3. The highest BCUT2D eigenvalue weighted by Gasteiger charge is 2.06. The van der Waals surface area contributed by atoms with Gasteiger partial charge in [0, 0.05) is 23.1 Å². The lowest BCUT2D eigenvalue weighted by atomic mass is 10.2. The largest absolute Gasteiger partial charge is 0.357 e. The minimum absolute atomic E-state index is 0. The third-order valence-electron chi connectivity index (χ3n) is 3.91. The molecule has 0 amide bonds. The van der Waals surface area contributed by atoms with Gasteiger partial charge in [0.1, 0.15) is 5.01 Å². The smallest absolute Gasteiger partial charge is 0.191 e. The van der Waals surface area contributed by atoms with Crippen molar-refractivity contribution in [2.75, 3.05) is 6.54 Å². The number of nitrogens with one attached hydrogen (secondary N) is 3. The first-order chi connectivity index (χ1) is 12.2. The highest BCUT2D eigenvalue weighted by molar-refractivity contribution is 14.0. The van der Waals surface area contributed by atoms with Gasteiger partial charge in [-0.25, -0.2) is 9.98 Å². The third-order valence-corrected chi connectivity index (χ3v) is 4.77. The second-order valence-corrected chi connectivity index (χ2v) is 7.19. The number of fused-ring (bicyclic) bond motifs is 1. The molecule has 0 aliphatic heterocycles. The van der Waals surface area contributed by atoms with Crippen LogP contribution in [0.1, 0.15) is 43.1 Å². The molecule has 26 heavy (non-hydrogen) atoms. The molecule has 0 aliphatic rings. The lowest BCUT2D eigenvalue weighted by Crippen LogP contribution is -2.36. The molecule has 7 heteroatoms. The van der Waals surface area contributed by atoms with Crippen LogP contribution in [0.4, 0.5) is 0 Å². The van der Waals surface area contributed by atoms with Gasteiger partial charge < -0.3 is 15.6 Å². The Bertz CT molecular complexity index is 819. The van der Waals surface area contributed by atoms with Gasteiger partial charge >= 0.3 is 0 Å². The van der Waals surface area contributed by atoms with Crippen molar-refractivity contribution in [3.05, 3.63) is 52.1 Å². The van der Waals surface area contributed by atoms with Gasteiger partial charge in [-0.3, -0.25) is 0 Å². The molecule has 3 N–H and O–H groups in total. The summed E-state index contributed by atoms with van der Waals surface area (Å²) in [4.78, 5) is 12.7. The fraction of sp³-hybridized carbons (Fsp3) is 0.368. The van der Waals surface area contributed by atoms with Crippen molar-refractivity contribution in [1.82, 2.24) is 20.6 Å². The maximum Gasteiger partial charge on any atom is 0.191 e. The van der Waals surface area contributed by atoms with Gasteiger partial charge in [-0.2, -0.15) is 0 Å². The van der Waals surface area contributed by atoms with Crippen molar-refractivity contribution in [1.29, 1.82) is 0 Å². The van der Waals surface area contributed by atoms with E-state index < -0.39 is 0 Å². The topological polar surface area (TPSA) is 65.1 Å². The molecule has 0 fully saturated rings. The number of benzene rings is 1. The molecule has 3 aromatic rings. The van der Waals surface area contributed by atoms with Crippen LogP contribution in [0.15, 0.2) is 40.7 Å². The van der Waals surface area contributed by atoms with E-state index in [0.29, 0.717) is 19.0 Å². The monoisotopic (exact) mass is 483 g/mol. The lowest BCUT2D eigenvalue weighted by Gasteiger charge is -2.09. The summed E-state index contributed by atoms with van der Waals surface area (Å²) in [5.74, 6) is 1.27. The molecular weight excluding hydrogens is 457 g/mol. The molecule has 0 spiro atoms. The minimum atomic E-state index is 0. The number of halogens is 1. The quantitative estimate of drug-likeness (QED) is 0.272. The summed E-state index contributed by atoms with van der Waals surface area (Å²) in [6.45, 7) is 8.53. The molecule has 0 saturated heterocycles. The van der Waals surface area contributed by atoms with Crippen molar-refractivity contribution in [2.45, 2.75) is 39.8 Å². The van der Waals surface area contributed by atoms with Crippen LogP contribution >= 0.6 is 35.3 Å². The van der Waals surface area contributed by atoms with Crippen LogP contribution in [0, 0.1) is 0 Å². The van der Waals surface area contributed by atoms with Crippen molar-refractivity contribution in [3.63, 3.8) is 0 Å². The van der Waals surface area contributed by atoms with Crippen molar-refractivity contribution in [3.8, 4) is 0 Å². The van der Waals surface area contributed by atoms with E-state index in [4.69, 9.17) is 0 Å². The van der Waals surface area contributed by atoms with E-state index in [1.54, 1.807) is 11.3 Å². The molecule has 140 valence electrons. The number of nitrogens with zero attached hydrogens (tertiary/aromatic N) is 2. The van der Waals surface area contributed by atoms with E-state index in [9.17, 15) is 0 Å². The Kier molecular flexibility index (Phi) is 7.89. The van der Waals surface area contributed by atoms with Gasteiger partial charge in [0.05, 0.1) is 18.8 Å². The number of guanidine groups is 1. The highest BCUT2D eigenvalue weighted by atomic mass is 127. The van der Waals surface area contributed by atoms with Gasteiger partial charge in [-0.05, 0) is 30.4 Å². The number of thiazole rings is 1. The number of hydrogen-bond donors (Lipinski definition) is 3. The SMILES string of the molecule is CCNC(=NCc1cc2ccccc2[nH]1)NCc1nc(C(C)C)cs1.I. The molecule has 0 bridgehead atoms. The van der Waals surface area contributed by atoms with Gasteiger partial charge in [-0.15, -0.1) is 35.3 Å². The van der Waals surface area contributed by atoms with Crippen LogP contribution in [0.25, 0.3) is 10.9 Å². The average Bonchev–Trinajstić information content (AvgIpc) is 3.23. The first-order valence-corrected chi connectivity index (χ1v) is 9.56. The normalized spacial score (nSPS) is 11.6. The number of rotatable bonds is 6. The molecule has 0 radical (unpaired) electrons. The predicted octanol–water partition coefficient (Wildman–Crippen LogP) is 4.62. The van der Waals surface area contributed by atoms with Crippen LogP contribution in [-0.4, -0.2) is 22.5 Å². The average molecular weight is 483 g/mol. The summed E-state index contributed by atoms with van der Waals surface area (Å²) in [7, 11) is 0. The van der Waals surface area contributed by atoms with Crippen LogP contribution in [0.5, 0.6) is 0 Å². The second-order valence-electron chi connectivity index (χ2n) is 6.25. The molecule has 3 rings (SSSR count). The first kappa shape index (κ1) is 20.7. The van der Waals surface area contributed by atoms with Gasteiger partial charge in [-0.1, -0.05) is 32.0 Å². The summed E-state index contributed by atoms with van der Waals surface area (Å²) in [6.07, 6.45) is 0. The van der Waals surface area contributed by atoms with Crippen LogP contribution < -0.4 is 10.6 Å². The number of H-pyrrole nitrogens is 1. The Morgan fingerprint density at radius 3 is 2.77 bits per heavy atom. The number of aromatic amines is 1. The predicted molar refractivity (Wildman–Crippen MR) is 122 cm³/mol. The van der Waals surface area contributed by atoms with Crippen LogP contribution in [0.2, 0.25) is 0 Å². The summed E-state index contributed by atoms with van der Waals surface area (Å²) in [5.41, 5.74) is 3.41. The molecule has 0 unspecified atom stereocenters. The third kappa shape index (κ3) is 5.44. The first-order valence-electron chi connectivity index (χ1n) is 8.68. The number of aliphatic imine (C=N–C) groups is 1. The summed E-state index contributed by atoms with van der Waals surface area (Å²) >= 11 is 1.69. The fourth-order valence-corrected chi connectivity index (χ4v) is 3.45. The maximum atomic E-state index is 4.68. The van der Waals surface area contributed by atoms with Gasteiger partial charge in [0.15, 0.2) is 5.96 Å². The Hall–Kier alpha value is -1.61. The molecule has 0 aliphatic carbocycles. The van der Waals surface area contributed by atoms with E-state index in [-0.39, 0.29) is 24.0 Å². The zero-order valence-electron chi connectivity index (χ0n) is 15.4. The highest BCUT2D eigenvalue weighted by Crippen LogP contribution is 2.17. The Balaban J connectivity index is 0.00000243. The van der Waals surface area contributed by atoms with E-state index in [0.717, 1.165) is 34.4 Å². The number of para-hydroxylation sites is 1. The summed E-state index contributed by atoms with van der Waals surface area (Å²) in [6, 6.07) is 10.4. The summed E-state index contributed by atoms with van der Waals surface area (Å²) in [5, 5.41) is 11.1. The molecular formula is C19H26IN5S. The van der Waals surface area contributed by atoms with Crippen molar-refractivity contribution in [2.24, 2.45) is 4.99 Å². The van der Waals surface area contributed by atoms with Crippen molar-refractivity contribution < 1.29 is 0 Å². The second kappa shape index (κ2) is 9.91. The Morgan fingerprint density at radius 1 is 1.27 bits per heavy atom. The molecule has 5 nitrogen and oxygen atoms in total. The maximum absolute atomic E-state index is 4.68. The van der Waals surface area contributed by atoms with E-state index in [1.165, 1.54) is 5.39 Å². The molecule has 2 heterocycles. The summed E-state index contributed by atoms with van der Waals surface area (Å²) < 4.78 is 0. The lowest BCUT2D eigenvalue weighted by molar-refractivity contribution is 0.787. The standard InChI is InChI=1S/C19H25N5S.HI/c1-4-20-19(22-11-18-24-17(12-25-18)13(2)3)21-10-15-9-14-7-5-6-8-16(14)23-15;/h5-9,12-13,23H,4,10-11H2,1-3H3,(H2,20,21,22);1H.